The van der Waals surface area contributed by atoms with Crippen molar-refractivity contribution in [3.8, 4) is 0 Å². The topological polar surface area (TPSA) is 83.8 Å². The van der Waals surface area contributed by atoms with Crippen LogP contribution in [0.2, 0.25) is 0 Å². The summed E-state index contributed by atoms with van der Waals surface area (Å²) in [7, 11) is 0. The van der Waals surface area contributed by atoms with E-state index in [0.717, 1.165) is 25.8 Å². The Morgan fingerprint density at radius 2 is 0.875 bits per heavy atom. The second kappa shape index (κ2) is 45.2. The maximum absolute atomic E-state index is 6.45. The molecule has 0 heterocycles. The van der Waals surface area contributed by atoms with Crippen molar-refractivity contribution in [1.82, 2.24) is 0 Å². The number of nitrogens with zero attached hydrogens (tertiary/aromatic N) is 1. The van der Waals surface area contributed by atoms with Crippen molar-refractivity contribution in [3.63, 3.8) is 0 Å². The van der Waals surface area contributed by atoms with E-state index in [-0.39, 0.29) is 0 Å². The van der Waals surface area contributed by atoms with Gasteiger partial charge >= 0.3 is 37.7 Å². The Balaban J connectivity index is -0.0000000600. The maximum atomic E-state index is 6.45. The minimum atomic E-state index is 0.569. The number of rotatable bonds is 4. The monoisotopic (exact) mass is 398 g/mol. The average Bonchev–Trinajstić information content (AvgIpc) is 2.39. The quantitative estimate of drug-likeness (QED) is 0.633. The fraction of sp³-hybridized carbons (Fsp3) is 1.00. The molecule has 3 N–H and O–H groups in total. The van der Waals surface area contributed by atoms with E-state index in [9.17, 15) is 0 Å². The third-order valence-electron chi connectivity index (χ3n) is 0.891. The van der Waals surface area contributed by atoms with Crippen LogP contribution >= 0.6 is 0 Å². The van der Waals surface area contributed by atoms with Crippen LogP contribution in [-0.2, 0) is 20.9 Å². The van der Waals surface area contributed by atoms with Crippen molar-refractivity contribution in [2.24, 2.45) is 3.34 Å². The first-order chi connectivity index (χ1) is 7.66. The van der Waals surface area contributed by atoms with Gasteiger partial charge in [0.2, 0.25) is 0 Å². The van der Waals surface area contributed by atoms with Crippen LogP contribution in [0.1, 0.15) is 47.0 Å². The van der Waals surface area contributed by atoms with Gasteiger partial charge in [-0.15, -0.1) is 0 Å². The zero-order valence-electron chi connectivity index (χ0n) is 11.3. The van der Waals surface area contributed by atoms with E-state index < -0.39 is 0 Å². The second-order valence-corrected chi connectivity index (χ2v) is 3.72. The Morgan fingerprint density at radius 3 is 0.875 bits per heavy atom. The summed E-state index contributed by atoms with van der Waals surface area (Å²) in [5.41, 5.74) is 19.4. The summed E-state index contributed by atoms with van der Waals surface area (Å²) >= 11 is 1.17. The van der Waals surface area contributed by atoms with Crippen LogP contribution in [0.5, 0.6) is 0 Å². The van der Waals surface area contributed by atoms with Crippen LogP contribution < -0.4 is 0 Å². The molecule has 0 radical (unpaired) electrons. The van der Waals surface area contributed by atoms with E-state index in [4.69, 9.17) is 17.2 Å². The summed E-state index contributed by atoms with van der Waals surface area (Å²) in [6, 6.07) is 0. The molecule has 0 amide bonds. The molecule has 0 rings (SSSR count). The molecule has 4 nitrogen and oxygen atoms in total. The van der Waals surface area contributed by atoms with Crippen molar-refractivity contribution in [2.45, 2.75) is 47.0 Å². The van der Waals surface area contributed by atoms with Crippen LogP contribution in [0.15, 0.2) is 3.34 Å². The van der Waals surface area contributed by atoms with Gasteiger partial charge in [0.1, 0.15) is 0 Å². The van der Waals surface area contributed by atoms with Crippen molar-refractivity contribution < 1.29 is 20.9 Å². The summed E-state index contributed by atoms with van der Waals surface area (Å²) in [4.78, 5) is 0. The van der Waals surface area contributed by atoms with Crippen molar-refractivity contribution >= 4 is 0 Å². The minimum absolute atomic E-state index is 0.569. The fourth-order valence-electron chi connectivity index (χ4n) is 0. The standard InChI is InChI=1S/3C3H8N.C2H5N.Ta/c3*1-2-3-4;1-2-3;/h3*4H,2-3H2,1H3;2H2,1H3;/q3*-1;;. The molecular formula is C11H29N4Ta-3. The van der Waals surface area contributed by atoms with Gasteiger partial charge in [-0.25, -0.2) is 0 Å². The van der Waals surface area contributed by atoms with Gasteiger partial charge in [-0.1, -0.05) is 40.0 Å². The molecule has 0 bridgehead atoms. The summed E-state index contributed by atoms with van der Waals surface area (Å²) in [6.07, 6.45) is 2.96. The van der Waals surface area contributed by atoms with E-state index in [2.05, 4.69) is 3.34 Å². The van der Waals surface area contributed by atoms with Crippen LogP contribution in [0.3, 0.4) is 0 Å². The van der Waals surface area contributed by atoms with Crippen LogP contribution in [0, 0.1) is 0 Å². The molecule has 0 aliphatic carbocycles. The van der Waals surface area contributed by atoms with Crippen LogP contribution in [0.25, 0.3) is 17.2 Å². The molecule has 0 atom stereocenters. The van der Waals surface area contributed by atoms with E-state index in [1.807, 2.05) is 27.7 Å². The normalized spacial score (nSPS) is 7.12. The van der Waals surface area contributed by atoms with E-state index in [0.29, 0.717) is 19.6 Å². The van der Waals surface area contributed by atoms with Crippen molar-refractivity contribution in [1.29, 1.82) is 0 Å². The molecule has 0 saturated heterocycles. The first-order valence-electron chi connectivity index (χ1n) is 5.91. The second-order valence-electron chi connectivity index (χ2n) is 2.71. The Bertz CT molecular complexity index is 66.9. The SMILES string of the molecule is CCC[NH-].CCC[NH-].CCC[NH-].CC[N]=[Ta]. The molecule has 101 valence electrons. The molecular weight excluding hydrogens is 369 g/mol. The summed E-state index contributed by atoms with van der Waals surface area (Å²) < 4.78 is 3.85. The van der Waals surface area contributed by atoms with Crippen molar-refractivity contribution in [2.75, 3.05) is 26.2 Å². The molecule has 0 aromatic rings. The molecule has 0 aliphatic heterocycles. The van der Waals surface area contributed by atoms with E-state index in [1.165, 1.54) is 20.9 Å². The van der Waals surface area contributed by atoms with Gasteiger partial charge in [-0.2, -0.15) is 19.6 Å². The average molecular weight is 398 g/mol. The molecule has 0 fully saturated rings. The van der Waals surface area contributed by atoms with Gasteiger partial charge in [0.05, 0.1) is 0 Å². The zero-order chi connectivity index (χ0) is 13.7. The van der Waals surface area contributed by atoms with Gasteiger partial charge in [-0.3, -0.25) is 0 Å². The summed E-state index contributed by atoms with van der Waals surface area (Å²) in [6.45, 7) is 10.7. The van der Waals surface area contributed by atoms with Gasteiger partial charge in [-0.05, 0) is 0 Å². The Kier molecular flexibility index (Phi) is 71.5. The molecule has 0 unspecified atom stereocenters. The van der Waals surface area contributed by atoms with E-state index in [1.54, 1.807) is 0 Å². The summed E-state index contributed by atoms with van der Waals surface area (Å²) in [5.74, 6) is 0. The molecule has 16 heavy (non-hydrogen) atoms. The van der Waals surface area contributed by atoms with Crippen molar-refractivity contribution in [3.05, 3.63) is 17.2 Å². The molecule has 0 spiro atoms. The molecule has 5 heteroatoms. The molecule has 0 aromatic heterocycles. The Hall–Kier alpha value is 0.420. The molecule has 0 saturated carbocycles. The van der Waals surface area contributed by atoms with E-state index >= 15 is 0 Å². The van der Waals surface area contributed by atoms with Crippen LogP contribution in [0.4, 0.5) is 0 Å². The molecule has 0 aromatic carbocycles. The number of hydrogen-bond donors (Lipinski definition) is 0. The Morgan fingerprint density at radius 1 is 0.750 bits per heavy atom. The first-order valence-corrected chi connectivity index (χ1v) is 7.34. The summed E-state index contributed by atoms with van der Waals surface area (Å²) in [5, 5.41) is 0. The van der Waals surface area contributed by atoms with Gasteiger partial charge < -0.3 is 17.2 Å². The first kappa shape index (κ1) is 25.3. The third kappa shape index (κ3) is 133. The predicted octanol–water partition coefficient (Wildman–Crippen LogP) is 5.08. The van der Waals surface area contributed by atoms with Crippen LogP contribution in [-0.4, -0.2) is 26.2 Å². The van der Waals surface area contributed by atoms with Gasteiger partial charge in [0, 0.05) is 0 Å². The molecule has 0 aliphatic rings. The van der Waals surface area contributed by atoms with Gasteiger partial charge in [0.15, 0.2) is 0 Å². The third-order valence-corrected chi connectivity index (χ3v) is 1.91. The fourth-order valence-corrected chi connectivity index (χ4v) is 0. The predicted molar refractivity (Wildman–Crippen MR) is 71.4 cm³/mol. The van der Waals surface area contributed by atoms with Gasteiger partial charge in [0.25, 0.3) is 0 Å². The Labute approximate surface area is 115 Å². The number of hydrogen-bond acceptors (Lipinski definition) is 1. The number of nitrogens with one attached hydrogen (secondary N) is 3. The zero-order valence-corrected chi connectivity index (χ0v) is 14.6.